The molecule has 41 valence electrons. The van der Waals surface area contributed by atoms with E-state index in [4.69, 9.17) is 4.74 Å². The molecule has 1 saturated heterocycles. The van der Waals surface area contributed by atoms with Crippen LogP contribution in [0.2, 0.25) is 0 Å². The Kier molecular flexibility index (Phi) is 1.65. The third kappa shape index (κ3) is 1.14. The summed E-state index contributed by atoms with van der Waals surface area (Å²) in [4.78, 5) is 0. The SMILES string of the molecule is C[N]C1CCCO1. The summed E-state index contributed by atoms with van der Waals surface area (Å²) in [5.41, 5.74) is 0. The lowest BCUT2D eigenvalue weighted by molar-refractivity contribution is 0.0881. The molecule has 0 bridgehead atoms. The minimum Gasteiger partial charge on any atom is -0.362 e. The summed E-state index contributed by atoms with van der Waals surface area (Å²) >= 11 is 0. The van der Waals surface area contributed by atoms with E-state index in [1.54, 1.807) is 7.05 Å². The summed E-state index contributed by atoms with van der Waals surface area (Å²) in [5, 5.41) is 3.97. The minimum absolute atomic E-state index is 0.222. The average Bonchev–Trinajstić information content (AvgIpc) is 2.14. The zero-order valence-corrected chi connectivity index (χ0v) is 4.55. The largest absolute Gasteiger partial charge is 0.362 e. The Labute approximate surface area is 43.9 Å². The molecule has 0 amide bonds. The topological polar surface area (TPSA) is 23.3 Å². The van der Waals surface area contributed by atoms with Gasteiger partial charge in [0.15, 0.2) is 0 Å². The average molecular weight is 100 g/mol. The van der Waals surface area contributed by atoms with Crippen LogP contribution in [-0.4, -0.2) is 19.9 Å². The lowest BCUT2D eigenvalue weighted by atomic mass is 10.3. The zero-order valence-electron chi connectivity index (χ0n) is 4.55. The number of hydrogen-bond acceptors (Lipinski definition) is 1. The monoisotopic (exact) mass is 100 g/mol. The quantitative estimate of drug-likeness (QED) is 0.466. The normalized spacial score (nSPS) is 31.3. The first-order valence-corrected chi connectivity index (χ1v) is 2.64. The Balaban J connectivity index is 2.14. The predicted octanol–water partition coefficient (Wildman–Crippen LogP) is 0.357. The highest BCUT2D eigenvalue weighted by atomic mass is 16.5. The molecule has 1 atom stereocenters. The fourth-order valence-corrected chi connectivity index (χ4v) is 0.764. The Morgan fingerprint density at radius 3 is 2.86 bits per heavy atom. The van der Waals surface area contributed by atoms with Gasteiger partial charge in [-0.15, -0.1) is 0 Å². The summed E-state index contributed by atoms with van der Waals surface area (Å²) in [6.07, 6.45) is 2.53. The molecule has 1 aliphatic heterocycles. The van der Waals surface area contributed by atoms with Crippen LogP contribution in [0, 0.1) is 0 Å². The maximum absolute atomic E-state index is 5.14. The number of ether oxygens (including phenoxy) is 1. The number of rotatable bonds is 1. The highest BCUT2D eigenvalue weighted by Gasteiger charge is 2.12. The molecule has 0 aromatic heterocycles. The third-order valence-corrected chi connectivity index (χ3v) is 1.19. The maximum atomic E-state index is 5.14. The molecular weight excluding hydrogens is 90.1 g/mol. The minimum atomic E-state index is 0.222. The van der Waals surface area contributed by atoms with Crippen molar-refractivity contribution in [1.82, 2.24) is 5.32 Å². The van der Waals surface area contributed by atoms with Crippen molar-refractivity contribution in [1.29, 1.82) is 0 Å². The second kappa shape index (κ2) is 2.28. The molecule has 1 fully saturated rings. The zero-order chi connectivity index (χ0) is 5.11. The number of hydrogen-bond donors (Lipinski definition) is 0. The second-order valence-corrected chi connectivity index (χ2v) is 1.73. The van der Waals surface area contributed by atoms with Gasteiger partial charge in [-0.25, -0.2) is 5.32 Å². The van der Waals surface area contributed by atoms with Gasteiger partial charge >= 0.3 is 0 Å². The molecule has 0 aromatic carbocycles. The molecular formula is C5H10NO. The van der Waals surface area contributed by atoms with Crippen molar-refractivity contribution in [3.8, 4) is 0 Å². The fraction of sp³-hybridized carbons (Fsp3) is 1.00. The van der Waals surface area contributed by atoms with E-state index in [1.165, 1.54) is 6.42 Å². The first-order valence-electron chi connectivity index (χ1n) is 2.64. The van der Waals surface area contributed by atoms with Crippen LogP contribution in [0.1, 0.15) is 12.8 Å². The summed E-state index contributed by atoms with van der Waals surface area (Å²) < 4.78 is 5.14. The molecule has 0 aliphatic carbocycles. The van der Waals surface area contributed by atoms with E-state index in [0.29, 0.717) is 0 Å². The van der Waals surface area contributed by atoms with Crippen LogP contribution in [0.4, 0.5) is 0 Å². The Bertz CT molecular complexity index is 50.0. The second-order valence-electron chi connectivity index (χ2n) is 1.73. The van der Waals surface area contributed by atoms with Crippen molar-refractivity contribution < 1.29 is 4.74 Å². The standard InChI is InChI=1S/C5H10NO/c1-6-5-3-2-4-7-5/h5H,2-4H2,1H3. The lowest BCUT2D eigenvalue weighted by Gasteiger charge is -2.01. The van der Waals surface area contributed by atoms with Gasteiger partial charge in [0, 0.05) is 13.7 Å². The molecule has 0 saturated carbocycles. The summed E-state index contributed by atoms with van der Waals surface area (Å²) in [7, 11) is 1.80. The molecule has 0 aromatic rings. The van der Waals surface area contributed by atoms with Crippen LogP contribution in [-0.2, 0) is 4.74 Å². The molecule has 1 unspecified atom stereocenters. The van der Waals surface area contributed by atoms with Gasteiger partial charge in [0.25, 0.3) is 0 Å². The Morgan fingerprint density at radius 2 is 2.57 bits per heavy atom. The van der Waals surface area contributed by atoms with Crippen LogP contribution in [0.15, 0.2) is 0 Å². The highest BCUT2D eigenvalue weighted by molar-refractivity contribution is 4.57. The molecule has 0 spiro atoms. The van der Waals surface area contributed by atoms with Crippen LogP contribution < -0.4 is 5.32 Å². The van der Waals surface area contributed by atoms with Gasteiger partial charge in [-0.1, -0.05) is 0 Å². The molecule has 7 heavy (non-hydrogen) atoms. The van der Waals surface area contributed by atoms with Crippen molar-refractivity contribution in [2.75, 3.05) is 13.7 Å². The van der Waals surface area contributed by atoms with Crippen molar-refractivity contribution in [3.63, 3.8) is 0 Å². The Morgan fingerprint density at radius 1 is 1.71 bits per heavy atom. The van der Waals surface area contributed by atoms with Crippen LogP contribution in [0.25, 0.3) is 0 Å². The van der Waals surface area contributed by atoms with E-state index in [9.17, 15) is 0 Å². The van der Waals surface area contributed by atoms with Crippen molar-refractivity contribution in [2.24, 2.45) is 0 Å². The molecule has 1 rings (SSSR count). The molecule has 2 heteroatoms. The van der Waals surface area contributed by atoms with Gasteiger partial charge in [0.1, 0.15) is 6.23 Å². The number of nitrogens with zero attached hydrogens (tertiary/aromatic N) is 1. The van der Waals surface area contributed by atoms with E-state index in [1.807, 2.05) is 0 Å². The van der Waals surface area contributed by atoms with E-state index in [-0.39, 0.29) is 6.23 Å². The van der Waals surface area contributed by atoms with Crippen molar-refractivity contribution in [3.05, 3.63) is 0 Å². The van der Waals surface area contributed by atoms with E-state index >= 15 is 0 Å². The van der Waals surface area contributed by atoms with E-state index in [0.717, 1.165) is 13.0 Å². The van der Waals surface area contributed by atoms with E-state index in [2.05, 4.69) is 5.32 Å². The molecule has 0 N–H and O–H groups in total. The fourth-order valence-electron chi connectivity index (χ4n) is 0.764. The van der Waals surface area contributed by atoms with Gasteiger partial charge in [-0.05, 0) is 12.8 Å². The van der Waals surface area contributed by atoms with Crippen molar-refractivity contribution >= 4 is 0 Å². The summed E-state index contributed by atoms with van der Waals surface area (Å²) in [5.74, 6) is 0. The van der Waals surface area contributed by atoms with Crippen LogP contribution >= 0.6 is 0 Å². The lowest BCUT2D eigenvalue weighted by Crippen LogP contribution is -2.15. The predicted molar refractivity (Wildman–Crippen MR) is 27.0 cm³/mol. The molecule has 1 heterocycles. The summed E-state index contributed by atoms with van der Waals surface area (Å²) in [6, 6.07) is 0. The summed E-state index contributed by atoms with van der Waals surface area (Å²) in [6.45, 7) is 0.905. The molecule has 1 aliphatic rings. The first kappa shape index (κ1) is 5.06. The van der Waals surface area contributed by atoms with Gasteiger partial charge in [-0.3, -0.25) is 0 Å². The molecule has 2 nitrogen and oxygen atoms in total. The third-order valence-electron chi connectivity index (χ3n) is 1.19. The first-order chi connectivity index (χ1) is 3.43. The van der Waals surface area contributed by atoms with Gasteiger partial charge < -0.3 is 4.74 Å². The Hall–Kier alpha value is -0.0800. The van der Waals surface area contributed by atoms with Crippen molar-refractivity contribution in [2.45, 2.75) is 19.1 Å². The van der Waals surface area contributed by atoms with Gasteiger partial charge in [0.2, 0.25) is 0 Å². The van der Waals surface area contributed by atoms with Gasteiger partial charge in [-0.2, -0.15) is 0 Å². The van der Waals surface area contributed by atoms with E-state index < -0.39 is 0 Å². The molecule has 1 radical (unpaired) electrons. The van der Waals surface area contributed by atoms with Gasteiger partial charge in [0.05, 0.1) is 0 Å². The van der Waals surface area contributed by atoms with Crippen LogP contribution in [0.5, 0.6) is 0 Å². The van der Waals surface area contributed by atoms with Crippen LogP contribution in [0.3, 0.4) is 0 Å². The smallest absolute Gasteiger partial charge is 0.123 e. The maximum Gasteiger partial charge on any atom is 0.123 e. The highest BCUT2D eigenvalue weighted by Crippen LogP contribution is 2.08.